The summed E-state index contributed by atoms with van der Waals surface area (Å²) < 4.78 is 12.7. The van der Waals surface area contributed by atoms with Gasteiger partial charge < -0.3 is 30.4 Å². The summed E-state index contributed by atoms with van der Waals surface area (Å²) in [5.41, 5.74) is 7.02. The number of hydrogen-bond acceptors (Lipinski definition) is 12. The summed E-state index contributed by atoms with van der Waals surface area (Å²) in [6, 6.07) is 7.25. The SMILES string of the molecule is CC(C)(N)CO.CC1(C)COC(c2cncc(B(O)O)c2)=N1.CC1(C)COC(c2cncc(Br)c2)=N1.N#Cc1cncc(Br)c1.[B][B]B(B([B])[B])B(B(B([B])[B])B([B])[B])B(B(B(B([B])[B])B([B])[B])B(B([B])[B])B([B])[B])B(B(B([B])[B])B([B])[B])B(B([B])[B])B([B])[B]. The molecule has 3 aromatic rings. The van der Waals surface area contributed by atoms with Gasteiger partial charge in [0.2, 0.25) is 11.8 Å². The zero-order valence-corrected chi connectivity index (χ0v) is 55.2. The third-order valence-electron chi connectivity index (χ3n) is 14.5. The van der Waals surface area contributed by atoms with Crippen LogP contribution in [-0.2, 0) is 9.47 Å². The summed E-state index contributed by atoms with van der Waals surface area (Å²) in [6.07, 6.45) is -15.3. The van der Waals surface area contributed by atoms with Gasteiger partial charge in [0.1, 0.15) is 19.3 Å². The zero-order valence-electron chi connectivity index (χ0n) is 52.1. The van der Waals surface area contributed by atoms with Crippen molar-refractivity contribution in [3.05, 3.63) is 81.0 Å². The van der Waals surface area contributed by atoms with Crippen LogP contribution in [0.25, 0.3) is 0 Å². The normalized spacial score (nSPS) is 12.6. The Balaban J connectivity index is 0.000000709. The Hall–Kier alpha value is -0.333. The number of rotatable bonds is 25. The van der Waals surface area contributed by atoms with E-state index in [9.17, 15) is 0 Å². The molecule has 0 aromatic carbocycles. The third-order valence-corrected chi connectivity index (χ3v) is 15.4. The lowest BCUT2D eigenvalue weighted by atomic mass is 8.26. The first-order chi connectivity index (χ1) is 41.4. The molecule has 0 saturated carbocycles. The number of nitriles is 1. The van der Waals surface area contributed by atoms with Crippen LogP contribution in [0.1, 0.15) is 58.2 Å². The number of aliphatic hydroxyl groups is 1. The van der Waals surface area contributed by atoms with Crippen LogP contribution in [0.2, 0.25) is 0 Å². The molecule has 2 aliphatic rings. The first-order valence-corrected chi connectivity index (χ1v) is 30.0. The van der Waals surface area contributed by atoms with Crippen LogP contribution in [0.5, 0.6) is 0 Å². The van der Waals surface area contributed by atoms with Crippen molar-refractivity contribution in [2.24, 2.45) is 15.7 Å². The highest BCUT2D eigenvalue weighted by Crippen LogP contribution is 2.24. The number of ether oxygens (including phenoxy) is 2. The van der Waals surface area contributed by atoms with E-state index in [2.05, 4.69) is 56.8 Å². The number of pyridine rings is 3. The van der Waals surface area contributed by atoms with Crippen LogP contribution >= 0.6 is 31.9 Å². The fourth-order valence-electron chi connectivity index (χ4n) is 10.6. The standard InChI is InChI=1S/C10H13BN2O3.C10H11BrN2O.C6H3BrN2.C4H11NO.B45/c1-10(2)6-16-9(13-10)7-3-8(11(14)15)5-12-4-7;1-10(2)6-14-9(13-10)7-3-8(11)5-12-4-7;7-6-1-5(2-8)3-9-4-6;1-4(2,5)3-6;1-24-36(25(2)3)42(37(26(4)5)27(6)7)45(43(38(28(8)9)29(10)11)39(30(12)13)31(14)15)44(40(32(16)17)33(18)19)41(34(20)21)35(22)23/h3-5,14-15H,6H2,1-2H3;3-5H,6H2,1-2H3;1,3-4H;6H,3,5H2,1-2H3;. The second kappa shape index (κ2) is 41.2. The van der Waals surface area contributed by atoms with Crippen molar-refractivity contribution in [2.75, 3.05) is 19.8 Å². The van der Waals surface area contributed by atoms with Crippen LogP contribution < -0.4 is 11.2 Å². The summed E-state index contributed by atoms with van der Waals surface area (Å²) >= 11 is 6.55. The van der Waals surface area contributed by atoms with Crippen molar-refractivity contribution >= 4 is 375 Å². The lowest BCUT2D eigenvalue weighted by Gasteiger charge is -2.56. The van der Waals surface area contributed by atoms with E-state index in [0.717, 1.165) is 14.5 Å². The molecule has 2 aliphatic heterocycles. The number of aliphatic imine (C=N–C) groups is 2. The maximum absolute atomic E-state index is 9.03. The Bertz CT molecular complexity index is 2560. The first-order valence-electron chi connectivity index (χ1n) is 28.4. The Morgan fingerprint density at radius 3 is 1.06 bits per heavy atom. The van der Waals surface area contributed by atoms with Crippen LogP contribution in [0.15, 0.2) is 74.3 Å². The Morgan fingerprint density at radius 1 is 0.511 bits per heavy atom. The van der Waals surface area contributed by atoms with E-state index in [0.29, 0.717) is 41.6 Å². The quantitative estimate of drug-likeness (QED) is 0.0594. The maximum Gasteiger partial charge on any atom is 0.490 e. The van der Waals surface area contributed by atoms with E-state index in [1.54, 1.807) is 50.8 Å². The van der Waals surface area contributed by atoms with Crippen molar-refractivity contribution in [2.45, 2.75) is 58.2 Å². The smallest absolute Gasteiger partial charge is 0.475 e. The Labute approximate surface area is 595 Å². The number of aromatic nitrogens is 3. The second-order valence-electron chi connectivity index (χ2n) is 24.3. The van der Waals surface area contributed by atoms with E-state index in [1.165, 1.54) is 19.5 Å². The lowest BCUT2D eigenvalue weighted by Crippen LogP contribution is -2.94. The molecular weight excluding hydrogens is 1200 g/mol. The molecule has 47 radical (unpaired) electrons. The van der Waals surface area contributed by atoms with Gasteiger partial charge in [-0.1, -0.05) is 0 Å². The average Bonchev–Trinajstić information content (AvgIpc) is 1.02. The fourth-order valence-corrected chi connectivity index (χ4v) is 11.4. The maximum atomic E-state index is 9.03. The van der Waals surface area contributed by atoms with Crippen molar-refractivity contribution in [3.8, 4) is 6.07 Å². The van der Waals surface area contributed by atoms with E-state index in [1.807, 2.05) is 39.8 Å². The minimum Gasteiger partial charge on any atom is -0.475 e. The summed E-state index contributed by atoms with van der Waals surface area (Å²) in [5.74, 6) is 1.18. The van der Waals surface area contributed by atoms with Gasteiger partial charge in [-0.05, 0) is 91.6 Å². The summed E-state index contributed by atoms with van der Waals surface area (Å²) in [7, 11) is 145. The summed E-state index contributed by atoms with van der Waals surface area (Å²) in [5, 5.41) is 34.7. The van der Waals surface area contributed by atoms with Gasteiger partial charge in [0.15, 0.2) is 0 Å². The van der Waals surface area contributed by atoms with E-state index >= 15 is 0 Å². The molecule has 375 valence electrons. The molecular formula is C30H38B46Br2N7O5. The van der Waals surface area contributed by atoms with Crippen molar-refractivity contribution < 1.29 is 24.6 Å². The molecule has 0 amide bonds. The molecule has 0 spiro atoms. The van der Waals surface area contributed by atoms with Gasteiger partial charge in [-0.25, -0.2) is 9.98 Å². The van der Waals surface area contributed by atoms with Gasteiger partial charge in [-0.2, -0.15) is 5.26 Å². The van der Waals surface area contributed by atoms with Crippen LogP contribution in [0, 0.1) is 11.3 Å². The lowest BCUT2D eigenvalue weighted by molar-refractivity contribution is 0.221. The zero-order chi connectivity index (χ0) is 69.7. The predicted molar refractivity (Wildman–Crippen MR) is 440 cm³/mol. The second-order valence-corrected chi connectivity index (χ2v) is 26.1. The minimum atomic E-state index is -1.53. The van der Waals surface area contributed by atoms with Gasteiger partial charge in [0.05, 0.1) is 34.4 Å². The summed E-state index contributed by atoms with van der Waals surface area (Å²) in [4.78, 5) is 20.6. The molecule has 90 heavy (non-hydrogen) atoms. The molecule has 0 saturated heterocycles. The highest BCUT2D eigenvalue weighted by molar-refractivity contribution is 9.10. The third kappa shape index (κ3) is 29.0. The molecule has 0 atom stereocenters. The van der Waals surface area contributed by atoms with E-state index < -0.39 is 147 Å². The largest absolute Gasteiger partial charge is 0.490 e. The fraction of sp³-hybridized carbons (Fsp3) is 0.400. The van der Waals surface area contributed by atoms with Gasteiger partial charge in [0, 0.05) is 376 Å². The van der Waals surface area contributed by atoms with Crippen LogP contribution in [0.3, 0.4) is 0 Å². The number of aliphatic hydroxyl groups excluding tert-OH is 1. The van der Waals surface area contributed by atoms with E-state index in [-0.39, 0.29) is 17.7 Å². The molecule has 5 heterocycles. The number of nitrogens with two attached hydrogens (primary N) is 1. The van der Waals surface area contributed by atoms with Gasteiger partial charge in [0.25, 0.3) is 0 Å². The number of halogens is 2. The first kappa shape index (κ1) is 87.7. The highest BCUT2D eigenvalue weighted by Gasteiger charge is 2.58. The molecule has 3 aromatic heterocycles. The molecule has 60 heteroatoms. The summed E-state index contributed by atoms with van der Waals surface area (Å²) in [6.45, 7) is 12.8. The average molecular weight is 1230 g/mol. The van der Waals surface area contributed by atoms with E-state index in [4.69, 9.17) is 214 Å². The van der Waals surface area contributed by atoms with Crippen molar-refractivity contribution in [3.63, 3.8) is 0 Å². The van der Waals surface area contributed by atoms with Crippen LogP contribution in [0.4, 0.5) is 0 Å². The van der Waals surface area contributed by atoms with Crippen molar-refractivity contribution in [1.82, 2.24) is 15.0 Å². The molecule has 0 bridgehead atoms. The number of nitrogens with zero attached hydrogens (tertiary/aromatic N) is 6. The highest BCUT2D eigenvalue weighted by atomic mass is 79.9. The molecule has 0 aliphatic carbocycles. The number of hydrogen-bond donors (Lipinski definition) is 4. The molecule has 0 unspecified atom stereocenters. The van der Waals surface area contributed by atoms with Gasteiger partial charge in [-0.3, -0.25) is 15.0 Å². The Morgan fingerprint density at radius 2 is 0.811 bits per heavy atom. The van der Waals surface area contributed by atoms with Gasteiger partial charge >= 0.3 is 7.12 Å². The van der Waals surface area contributed by atoms with Gasteiger partial charge in [-0.15, -0.1) is 0 Å². The molecule has 5 N–H and O–H groups in total. The molecule has 12 nitrogen and oxygen atoms in total. The van der Waals surface area contributed by atoms with Crippen LogP contribution in [-0.4, -0.2) is 405 Å². The Kier molecular flexibility index (Phi) is 40.1. The monoisotopic (exact) mass is 1240 g/mol. The van der Waals surface area contributed by atoms with Crippen molar-refractivity contribution in [1.29, 1.82) is 5.26 Å². The molecule has 0 fully saturated rings. The minimum absolute atomic E-state index is 0.0486. The predicted octanol–water partition coefficient (Wildman–Crippen LogP) is -14.0. The molecule has 5 rings (SSSR count). The topological polar surface area (TPSA) is 192 Å².